The van der Waals surface area contributed by atoms with Gasteiger partial charge >= 0.3 is 0 Å². The fourth-order valence-electron chi connectivity index (χ4n) is 2.66. The summed E-state index contributed by atoms with van der Waals surface area (Å²) in [5, 5.41) is 2.73. The molecule has 0 aliphatic carbocycles. The molecule has 0 unspecified atom stereocenters. The van der Waals surface area contributed by atoms with Gasteiger partial charge in [-0.05, 0) is 41.8 Å². The quantitative estimate of drug-likeness (QED) is 0.708. The van der Waals surface area contributed by atoms with Gasteiger partial charge in [0.15, 0.2) is 0 Å². The van der Waals surface area contributed by atoms with Gasteiger partial charge in [-0.15, -0.1) is 0 Å². The Morgan fingerprint density at radius 3 is 2.77 bits per heavy atom. The third kappa shape index (κ3) is 4.63. The molecule has 138 valence electrons. The van der Waals surface area contributed by atoms with Gasteiger partial charge in [0.2, 0.25) is 15.9 Å². The van der Waals surface area contributed by atoms with Gasteiger partial charge in [0, 0.05) is 30.2 Å². The van der Waals surface area contributed by atoms with Crippen LogP contribution >= 0.6 is 11.8 Å². The number of hydrogen-bond donors (Lipinski definition) is 2. The summed E-state index contributed by atoms with van der Waals surface area (Å²) in [6.07, 6.45) is 0.889. The van der Waals surface area contributed by atoms with E-state index < -0.39 is 10.0 Å². The number of carbonyl (C=O) groups excluding carboxylic acids is 1. The minimum absolute atomic E-state index is 0.0573. The third-order valence-corrected chi connectivity index (χ3v) is 6.50. The Bertz CT molecular complexity index is 916. The molecule has 2 aromatic carbocycles. The molecule has 3 rings (SSSR count). The Morgan fingerprint density at radius 1 is 1.15 bits per heavy atom. The van der Waals surface area contributed by atoms with E-state index in [9.17, 15) is 17.6 Å². The second-order valence-electron chi connectivity index (χ2n) is 5.91. The number of rotatable bonds is 7. The molecule has 1 amide bonds. The molecule has 2 aromatic rings. The van der Waals surface area contributed by atoms with E-state index in [1.54, 1.807) is 30.3 Å². The standard InChI is InChI=1S/C18H19FN2O3S2/c19-16-4-2-1-3-14(16)12-25-10-9-20-26(23,24)15-6-7-17-13(11-15)5-8-18(22)21-17/h1-4,6-7,11,20H,5,8-10,12H2,(H,21,22). The first-order valence-corrected chi connectivity index (χ1v) is 10.8. The molecule has 0 aromatic heterocycles. The number of halogens is 1. The number of aryl methyl sites for hydroxylation is 1. The van der Waals surface area contributed by atoms with Crippen LogP contribution in [0.3, 0.4) is 0 Å². The molecule has 0 radical (unpaired) electrons. The third-order valence-electron chi connectivity index (χ3n) is 4.04. The number of sulfonamides is 1. The van der Waals surface area contributed by atoms with Crippen LogP contribution in [0.5, 0.6) is 0 Å². The van der Waals surface area contributed by atoms with E-state index in [-0.39, 0.29) is 23.2 Å². The lowest BCUT2D eigenvalue weighted by atomic mass is 10.0. The lowest BCUT2D eigenvalue weighted by Crippen LogP contribution is -2.26. The number of benzene rings is 2. The van der Waals surface area contributed by atoms with Crippen molar-refractivity contribution in [2.24, 2.45) is 0 Å². The van der Waals surface area contributed by atoms with Gasteiger partial charge in [0.25, 0.3) is 0 Å². The molecular weight excluding hydrogens is 375 g/mol. The van der Waals surface area contributed by atoms with Crippen molar-refractivity contribution >= 4 is 33.4 Å². The van der Waals surface area contributed by atoms with Crippen LogP contribution in [0.1, 0.15) is 17.5 Å². The number of anilines is 1. The second kappa shape index (κ2) is 8.20. The zero-order chi connectivity index (χ0) is 18.6. The normalized spacial score (nSPS) is 14.0. The minimum atomic E-state index is -3.61. The van der Waals surface area contributed by atoms with Crippen molar-refractivity contribution in [2.45, 2.75) is 23.5 Å². The fraction of sp³-hybridized carbons (Fsp3) is 0.278. The lowest BCUT2D eigenvalue weighted by Gasteiger charge is -2.17. The first kappa shape index (κ1) is 18.9. The minimum Gasteiger partial charge on any atom is -0.326 e. The molecule has 0 fully saturated rings. The molecule has 1 aliphatic heterocycles. The SMILES string of the molecule is O=C1CCc2cc(S(=O)(=O)NCCSCc3ccccc3F)ccc2N1. The zero-order valence-corrected chi connectivity index (χ0v) is 15.6. The maximum Gasteiger partial charge on any atom is 0.240 e. The van der Waals surface area contributed by atoms with Crippen LogP contribution in [0, 0.1) is 5.82 Å². The largest absolute Gasteiger partial charge is 0.326 e. The molecule has 2 N–H and O–H groups in total. The van der Waals surface area contributed by atoms with Gasteiger partial charge in [-0.1, -0.05) is 18.2 Å². The van der Waals surface area contributed by atoms with Crippen molar-refractivity contribution in [3.63, 3.8) is 0 Å². The molecule has 26 heavy (non-hydrogen) atoms. The van der Waals surface area contributed by atoms with E-state index >= 15 is 0 Å². The van der Waals surface area contributed by atoms with E-state index in [0.29, 0.717) is 35.6 Å². The van der Waals surface area contributed by atoms with E-state index in [1.807, 2.05) is 0 Å². The molecule has 8 heteroatoms. The summed E-state index contributed by atoms with van der Waals surface area (Å²) in [7, 11) is -3.61. The van der Waals surface area contributed by atoms with Gasteiger partial charge in [-0.25, -0.2) is 17.5 Å². The van der Waals surface area contributed by atoms with Crippen molar-refractivity contribution in [1.29, 1.82) is 0 Å². The summed E-state index contributed by atoms with van der Waals surface area (Å²) >= 11 is 1.47. The van der Waals surface area contributed by atoms with Crippen molar-refractivity contribution in [1.82, 2.24) is 4.72 Å². The summed E-state index contributed by atoms with van der Waals surface area (Å²) < 4.78 is 40.9. The summed E-state index contributed by atoms with van der Waals surface area (Å²) in [5.74, 6) is 0.724. The molecule has 0 spiro atoms. The van der Waals surface area contributed by atoms with Gasteiger partial charge in [-0.3, -0.25) is 4.79 Å². The highest BCUT2D eigenvalue weighted by Gasteiger charge is 2.19. The second-order valence-corrected chi connectivity index (χ2v) is 8.78. The Morgan fingerprint density at radius 2 is 1.96 bits per heavy atom. The zero-order valence-electron chi connectivity index (χ0n) is 14.0. The van der Waals surface area contributed by atoms with Crippen LogP contribution in [0.25, 0.3) is 0 Å². The first-order valence-electron chi connectivity index (χ1n) is 8.19. The monoisotopic (exact) mass is 394 g/mol. The molecule has 0 saturated heterocycles. The van der Waals surface area contributed by atoms with E-state index in [4.69, 9.17) is 0 Å². The Balaban J connectivity index is 1.53. The smallest absolute Gasteiger partial charge is 0.240 e. The molecule has 1 heterocycles. The van der Waals surface area contributed by atoms with Crippen LogP contribution in [-0.2, 0) is 27.0 Å². The highest BCUT2D eigenvalue weighted by Crippen LogP contribution is 2.25. The number of nitrogens with one attached hydrogen (secondary N) is 2. The lowest BCUT2D eigenvalue weighted by molar-refractivity contribution is -0.116. The fourth-order valence-corrected chi connectivity index (χ4v) is 4.71. The molecule has 0 saturated carbocycles. The molecule has 0 atom stereocenters. The number of carbonyl (C=O) groups is 1. The maximum absolute atomic E-state index is 13.5. The van der Waals surface area contributed by atoms with E-state index in [1.165, 1.54) is 23.9 Å². The Hall–Kier alpha value is -1.90. The number of amides is 1. The number of fused-ring (bicyclic) bond motifs is 1. The maximum atomic E-state index is 13.5. The van der Waals surface area contributed by atoms with Gasteiger partial charge in [-0.2, -0.15) is 11.8 Å². The van der Waals surface area contributed by atoms with Crippen LogP contribution in [-0.4, -0.2) is 26.6 Å². The molecule has 5 nitrogen and oxygen atoms in total. The van der Waals surface area contributed by atoms with E-state index in [0.717, 1.165) is 5.56 Å². The summed E-state index contributed by atoms with van der Waals surface area (Å²) in [4.78, 5) is 11.6. The highest BCUT2D eigenvalue weighted by atomic mass is 32.2. The summed E-state index contributed by atoms with van der Waals surface area (Å²) in [5.41, 5.74) is 2.10. The number of hydrogen-bond acceptors (Lipinski definition) is 4. The van der Waals surface area contributed by atoms with Gasteiger partial charge in [0.1, 0.15) is 5.82 Å². The highest BCUT2D eigenvalue weighted by molar-refractivity contribution is 7.98. The predicted molar refractivity (Wildman–Crippen MR) is 101 cm³/mol. The van der Waals surface area contributed by atoms with Gasteiger partial charge < -0.3 is 5.32 Å². The average Bonchev–Trinajstić information content (AvgIpc) is 2.62. The Kier molecular flexibility index (Phi) is 5.95. The molecule has 0 bridgehead atoms. The van der Waals surface area contributed by atoms with Gasteiger partial charge in [0.05, 0.1) is 4.90 Å². The predicted octanol–water partition coefficient (Wildman–Crippen LogP) is 2.92. The molecule has 1 aliphatic rings. The van der Waals surface area contributed by atoms with Crippen LogP contribution in [0.15, 0.2) is 47.4 Å². The summed E-state index contributed by atoms with van der Waals surface area (Å²) in [6, 6.07) is 11.3. The van der Waals surface area contributed by atoms with Crippen molar-refractivity contribution in [2.75, 3.05) is 17.6 Å². The van der Waals surface area contributed by atoms with Crippen LogP contribution < -0.4 is 10.0 Å². The van der Waals surface area contributed by atoms with Crippen LogP contribution in [0.4, 0.5) is 10.1 Å². The topological polar surface area (TPSA) is 75.3 Å². The van der Waals surface area contributed by atoms with E-state index in [2.05, 4.69) is 10.0 Å². The summed E-state index contributed by atoms with van der Waals surface area (Å²) in [6.45, 7) is 0.259. The average molecular weight is 394 g/mol. The van der Waals surface area contributed by atoms with Crippen LogP contribution in [0.2, 0.25) is 0 Å². The van der Waals surface area contributed by atoms with Crippen molar-refractivity contribution in [3.05, 3.63) is 59.4 Å². The van der Waals surface area contributed by atoms with Crippen molar-refractivity contribution < 1.29 is 17.6 Å². The number of thioether (sulfide) groups is 1. The van der Waals surface area contributed by atoms with Crippen molar-refractivity contribution in [3.8, 4) is 0 Å². The first-order chi connectivity index (χ1) is 12.5. The molecular formula is C18H19FN2O3S2. The Labute approximate surface area is 156 Å².